The second-order valence-corrected chi connectivity index (χ2v) is 6.48. The van der Waals surface area contributed by atoms with Crippen LogP contribution < -0.4 is 15.8 Å². The molecule has 136 valence electrons. The summed E-state index contributed by atoms with van der Waals surface area (Å²) in [5, 5.41) is 4.04. The van der Waals surface area contributed by atoms with Crippen molar-refractivity contribution in [2.75, 3.05) is 24.5 Å². The molecule has 5 nitrogen and oxygen atoms in total. The second-order valence-electron chi connectivity index (χ2n) is 6.48. The van der Waals surface area contributed by atoms with E-state index in [9.17, 15) is 9.59 Å². The summed E-state index contributed by atoms with van der Waals surface area (Å²) in [6, 6.07) is 7.82. The lowest BCUT2D eigenvalue weighted by molar-refractivity contribution is 0.0976. The molecule has 0 atom stereocenters. The third-order valence-corrected chi connectivity index (χ3v) is 4.28. The number of nitrogens with zero attached hydrogens (tertiary/aromatic N) is 1. The molecular formula is C20H28N2O3. The molecular weight excluding hydrogens is 316 g/mol. The maximum Gasteiger partial charge on any atom is 0.347 e. The lowest BCUT2D eigenvalue weighted by atomic mass is 10.1. The van der Waals surface area contributed by atoms with Gasteiger partial charge in [0, 0.05) is 42.7 Å². The van der Waals surface area contributed by atoms with Gasteiger partial charge < -0.3 is 14.6 Å². The Hall–Kier alpha value is -2.14. The number of carbonyl (C=O) groups is 1. The molecule has 1 aromatic carbocycles. The topological polar surface area (TPSA) is 62.6 Å². The van der Waals surface area contributed by atoms with Gasteiger partial charge in [0.15, 0.2) is 5.78 Å². The first-order chi connectivity index (χ1) is 12.0. The van der Waals surface area contributed by atoms with Gasteiger partial charge in [-0.3, -0.25) is 4.79 Å². The number of ketones is 1. The molecule has 0 spiro atoms. The highest BCUT2D eigenvalue weighted by molar-refractivity contribution is 5.98. The quantitative estimate of drug-likeness (QED) is 0.428. The largest absolute Gasteiger partial charge is 0.422 e. The van der Waals surface area contributed by atoms with E-state index >= 15 is 0 Å². The van der Waals surface area contributed by atoms with Crippen LogP contribution in [-0.2, 0) is 0 Å². The maximum atomic E-state index is 12.3. The zero-order valence-corrected chi connectivity index (χ0v) is 15.6. The molecule has 1 heterocycles. The minimum atomic E-state index is -0.550. The van der Waals surface area contributed by atoms with Crippen LogP contribution in [0.1, 0.15) is 50.9 Å². The van der Waals surface area contributed by atoms with E-state index in [0.717, 1.165) is 30.7 Å². The number of nitrogens with one attached hydrogen (secondary N) is 1. The Labute approximate surface area is 149 Å². The Bertz CT molecular complexity index is 776. The van der Waals surface area contributed by atoms with Gasteiger partial charge >= 0.3 is 5.63 Å². The molecule has 2 aromatic rings. The summed E-state index contributed by atoms with van der Waals surface area (Å²) in [5.41, 5.74) is 1.13. The molecule has 2 rings (SSSR count). The van der Waals surface area contributed by atoms with Crippen molar-refractivity contribution >= 4 is 22.4 Å². The van der Waals surface area contributed by atoms with Gasteiger partial charge in [-0.1, -0.05) is 13.8 Å². The third-order valence-electron chi connectivity index (χ3n) is 4.28. The summed E-state index contributed by atoms with van der Waals surface area (Å²) >= 11 is 0. The van der Waals surface area contributed by atoms with Crippen molar-refractivity contribution in [3.8, 4) is 0 Å². The Kier molecular flexibility index (Phi) is 6.76. The summed E-state index contributed by atoms with van der Waals surface area (Å²) in [6.45, 7) is 10.8. The van der Waals surface area contributed by atoms with Gasteiger partial charge in [0.2, 0.25) is 0 Å². The van der Waals surface area contributed by atoms with Crippen LogP contribution in [0.3, 0.4) is 0 Å². The van der Waals surface area contributed by atoms with E-state index in [4.69, 9.17) is 4.42 Å². The minimum absolute atomic E-state index is 0.146. The molecule has 0 saturated carbocycles. The zero-order chi connectivity index (χ0) is 18.4. The van der Waals surface area contributed by atoms with Crippen molar-refractivity contribution in [2.45, 2.75) is 46.6 Å². The Balaban J connectivity index is 2.19. The first kappa shape index (κ1) is 19.2. The highest BCUT2D eigenvalue weighted by atomic mass is 16.4. The highest BCUT2D eigenvalue weighted by Crippen LogP contribution is 2.22. The van der Waals surface area contributed by atoms with Crippen molar-refractivity contribution in [3.05, 3.63) is 40.2 Å². The van der Waals surface area contributed by atoms with Gasteiger partial charge in [0.1, 0.15) is 11.1 Å². The molecule has 0 saturated heterocycles. The SMILES string of the molecule is CCN(CC)c1ccc2cc(C(=O)CCCNC(C)C)c(=O)oc2c1. The molecule has 25 heavy (non-hydrogen) atoms. The fraction of sp³-hybridized carbons (Fsp3) is 0.500. The molecule has 5 heteroatoms. The molecule has 0 aliphatic carbocycles. The summed E-state index contributed by atoms with van der Waals surface area (Å²) in [7, 11) is 0. The monoisotopic (exact) mass is 344 g/mol. The van der Waals surface area contributed by atoms with Crippen LogP contribution in [0.15, 0.2) is 33.5 Å². The molecule has 0 aliphatic rings. The van der Waals surface area contributed by atoms with Gasteiger partial charge in [-0.2, -0.15) is 0 Å². The number of carbonyl (C=O) groups excluding carboxylic acids is 1. The number of Topliss-reactive ketones (excluding diaryl/α,β-unsaturated/α-hetero) is 1. The fourth-order valence-electron chi connectivity index (χ4n) is 2.85. The number of rotatable bonds is 9. The van der Waals surface area contributed by atoms with Crippen molar-refractivity contribution in [3.63, 3.8) is 0 Å². The van der Waals surface area contributed by atoms with Crippen LogP contribution in [0, 0.1) is 0 Å². The summed E-state index contributed by atoms with van der Waals surface area (Å²) in [6.07, 6.45) is 1.04. The molecule has 1 aromatic heterocycles. The molecule has 0 bridgehead atoms. The smallest absolute Gasteiger partial charge is 0.347 e. The average molecular weight is 344 g/mol. The second kappa shape index (κ2) is 8.81. The van der Waals surface area contributed by atoms with Gasteiger partial charge in [-0.05, 0) is 45.0 Å². The van der Waals surface area contributed by atoms with Crippen LogP contribution in [0.4, 0.5) is 5.69 Å². The van der Waals surface area contributed by atoms with E-state index in [0.29, 0.717) is 24.5 Å². The zero-order valence-electron chi connectivity index (χ0n) is 15.6. The number of hydrogen-bond donors (Lipinski definition) is 1. The molecule has 0 radical (unpaired) electrons. The number of benzene rings is 1. The third kappa shape index (κ3) is 4.92. The van der Waals surface area contributed by atoms with Crippen molar-refractivity contribution < 1.29 is 9.21 Å². The van der Waals surface area contributed by atoms with Crippen molar-refractivity contribution in [2.24, 2.45) is 0 Å². The van der Waals surface area contributed by atoms with E-state index in [1.54, 1.807) is 6.07 Å². The van der Waals surface area contributed by atoms with E-state index in [1.165, 1.54) is 0 Å². The maximum absolute atomic E-state index is 12.3. The van der Waals surface area contributed by atoms with Crippen molar-refractivity contribution in [1.29, 1.82) is 0 Å². The lowest BCUT2D eigenvalue weighted by Gasteiger charge is -2.20. The summed E-state index contributed by atoms with van der Waals surface area (Å²) < 4.78 is 5.42. The van der Waals surface area contributed by atoms with Gasteiger partial charge in [0.05, 0.1) is 0 Å². The standard InChI is InChI=1S/C20H28N2O3/c1-5-22(6-2)16-10-9-15-12-17(20(24)25-19(15)13-16)18(23)8-7-11-21-14(3)4/h9-10,12-14,21H,5-8,11H2,1-4H3. The predicted molar refractivity (Wildman–Crippen MR) is 103 cm³/mol. The Morgan fingerprint density at radius 1 is 1.20 bits per heavy atom. The first-order valence-electron chi connectivity index (χ1n) is 9.05. The van der Waals surface area contributed by atoms with Crippen LogP contribution in [-0.4, -0.2) is 31.5 Å². The van der Waals surface area contributed by atoms with Gasteiger partial charge in [-0.15, -0.1) is 0 Å². The molecule has 0 fully saturated rings. The van der Waals surface area contributed by atoms with Gasteiger partial charge in [-0.25, -0.2) is 4.79 Å². The number of anilines is 1. The molecule has 1 N–H and O–H groups in total. The highest BCUT2D eigenvalue weighted by Gasteiger charge is 2.14. The molecule has 0 aliphatic heterocycles. The summed E-state index contributed by atoms with van der Waals surface area (Å²) in [5.74, 6) is -0.158. The number of fused-ring (bicyclic) bond motifs is 1. The van der Waals surface area contributed by atoms with Crippen molar-refractivity contribution in [1.82, 2.24) is 5.32 Å². The molecule has 0 amide bonds. The van der Waals surface area contributed by atoms with Crippen LogP contribution in [0.5, 0.6) is 0 Å². The van der Waals surface area contributed by atoms with E-state index in [2.05, 4.69) is 37.9 Å². The number of hydrogen-bond acceptors (Lipinski definition) is 5. The Morgan fingerprint density at radius 2 is 1.92 bits per heavy atom. The van der Waals surface area contributed by atoms with E-state index in [1.807, 2.05) is 18.2 Å². The van der Waals surface area contributed by atoms with E-state index < -0.39 is 5.63 Å². The van der Waals surface area contributed by atoms with Crippen LogP contribution in [0.2, 0.25) is 0 Å². The molecule has 0 unspecified atom stereocenters. The first-order valence-corrected chi connectivity index (χ1v) is 9.05. The lowest BCUT2D eigenvalue weighted by Crippen LogP contribution is -2.24. The summed E-state index contributed by atoms with van der Waals surface area (Å²) in [4.78, 5) is 26.7. The minimum Gasteiger partial charge on any atom is -0.422 e. The average Bonchev–Trinajstić information content (AvgIpc) is 2.58. The van der Waals surface area contributed by atoms with Gasteiger partial charge in [0.25, 0.3) is 0 Å². The Morgan fingerprint density at radius 3 is 2.56 bits per heavy atom. The van der Waals surface area contributed by atoms with Crippen LogP contribution >= 0.6 is 0 Å². The fourth-order valence-corrected chi connectivity index (χ4v) is 2.85. The van der Waals surface area contributed by atoms with E-state index in [-0.39, 0.29) is 11.3 Å². The predicted octanol–water partition coefficient (Wildman–Crippen LogP) is 3.60. The normalized spacial score (nSPS) is 11.2. The van der Waals surface area contributed by atoms with Crippen LogP contribution in [0.25, 0.3) is 11.0 Å².